The summed E-state index contributed by atoms with van der Waals surface area (Å²) in [4.78, 5) is 23.8. The number of hydrogen-bond donors (Lipinski definition) is 0. The zero-order valence-corrected chi connectivity index (χ0v) is 42.8. The van der Waals surface area contributed by atoms with Gasteiger partial charge in [-0.15, -0.1) is 20.5 Å². The molecule has 4 rings (SSSR count). The molecule has 24 nitrogen and oxygen atoms in total. The van der Waals surface area contributed by atoms with Gasteiger partial charge in [0.1, 0.15) is 0 Å². The zero-order valence-electron chi connectivity index (χ0n) is 38.3. The fraction of sp³-hybridized carbons (Fsp3) is 0.364. The minimum absolute atomic E-state index is 0. The molecule has 0 fully saturated rings. The Morgan fingerprint density at radius 2 is 0.403 bits per heavy atom. The number of anilines is 4. The van der Waals surface area contributed by atoms with E-state index in [2.05, 4.69) is 68.5 Å². The minimum Gasteiger partial charge on any atom is -0.369 e. The Balaban J connectivity index is -0.000000398. The van der Waals surface area contributed by atoms with Gasteiger partial charge in [0.2, 0.25) is 0 Å². The van der Waals surface area contributed by atoms with E-state index in [9.17, 15) is 0 Å². The van der Waals surface area contributed by atoms with Crippen LogP contribution in [0.2, 0.25) is 0 Å². The van der Waals surface area contributed by atoms with Crippen molar-refractivity contribution in [3.63, 3.8) is 0 Å². The summed E-state index contributed by atoms with van der Waals surface area (Å²) in [7, 11) is -9.89. The number of nitrogens with zero attached hydrogens (tertiary/aromatic N) is 16. The first-order valence-electron chi connectivity index (χ1n) is 20.3. The van der Waals surface area contributed by atoms with Gasteiger partial charge in [0.05, 0.1) is 99.9 Å². The molecule has 388 valence electrons. The first-order chi connectivity index (χ1) is 33.5. The Hall–Kier alpha value is -6.54. The first-order valence-corrected chi connectivity index (χ1v) is 22.8. The van der Waals surface area contributed by atoms with Crippen LogP contribution in [0.3, 0.4) is 0 Å². The molecule has 0 radical (unpaired) electrons. The van der Waals surface area contributed by atoms with Crippen molar-refractivity contribution in [2.45, 2.75) is 51.4 Å². The maximum absolute atomic E-state index is 8.53. The molecular formula is C44H48Ag2Cl2N16O8. The molecule has 0 N–H and O–H groups in total. The number of rotatable bonds is 20. The van der Waals surface area contributed by atoms with E-state index in [0.717, 1.165) is 22.7 Å². The van der Waals surface area contributed by atoms with Crippen molar-refractivity contribution in [2.24, 2.45) is 0 Å². The second kappa shape index (κ2) is 48.1. The second-order valence-electron chi connectivity index (χ2n) is 12.8. The van der Waals surface area contributed by atoms with Gasteiger partial charge in [-0.3, -0.25) is 19.9 Å². The van der Waals surface area contributed by atoms with Gasteiger partial charge >= 0.3 is 44.8 Å². The maximum Gasteiger partial charge on any atom is 1.00 e. The molecular weight excluding hydrogens is 1170 g/mol. The molecule has 0 spiro atoms. The standard InChI is InChI=1S/4C11H12N4.2Ag.2ClHO4/c4*12-5-1-9-15(10-2-6-13)11-3-7-14-8-4-11;;;2*2-1(3,4)5/h4*3-4,7-8H,1-2,9-10H2;;;2*(H,2,3,4,5)/q;;;;2*+1;;/p-2. The van der Waals surface area contributed by atoms with Crippen LogP contribution in [0.25, 0.3) is 0 Å². The van der Waals surface area contributed by atoms with Crippen molar-refractivity contribution in [3.8, 4) is 48.6 Å². The molecule has 4 heterocycles. The molecule has 0 amide bonds. The molecule has 0 unspecified atom stereocenters. The maximum atomic E-state index is 8.53. The second-order valence-corrected chi connectivity index (χ2v) is 14.3. The van der Waals surface area contributed by atoms with Crippen molar-refractivity contribution in [3.05, 3.63) is 98.1 Å². The fourth-order valence-electron chi connectivity index (χ4n) is 5.18. The van der Waals surface area contributed by atoms with E-state index in [1.165, 1.54) is 0 Å². The molecule has 0 aromatic carbocycles. The Kier molecular flexibility index (Phi) is 48.1. The number of hydrogen-bond acceptors (Lipinski definition) is 24. The van der Waals surface area contributed by atoms with E-state index in [1.54, 1.807) is 49.6 Å². The van der Waals surface area contributed by atoms with Crippen LogP contribution >= 0.6 is 0 Å². The molecule has 0 aliphatic carbocycles. The smallest absolute Gasteiger partial charge is 0.369 e. The van der Waals surface area contributed by atoms with Gasteiger partial charge in [0.15, 0.2) is 0 Å². The average Bonchev–Trinajstić information content (AvgIpc) is 3.35. The summed E-state index contributed by atoms with van der Waals surface area (Å²) >= 11 is 0. The third-order valence-corrected chi connectivity index (χ3v) is 8.06. The normalized spacial score (nSPS) is 9.11. The first kappa shape index (κ1) is 72.0. The predicted octanol–water partition coefficient (Wildman–Crippen LogP) is -2.66. The molecule has 0 aliphatic heterocycles. The van der Waals surface area contributed by atoms with Crippen LogP contribution in [0.1, 0.15) is 51.4 Å². The summed E-state index contributed by atoms with van der Waals surface area (Å²) in [6.07, 6.45) is 17.4. The largest absolute Gasteiger partial charge is 1.00 e. The molecule has 4 aromatic rings. The Morgan fingerprint density at radius 1 is 0.292 bits per heavy atom. The summed E-state index contributed by atoms with van der Waals surface area (Å²) in [6, 6.07) is 31.9. The summed E-state index contributed by atoms with van der Waals surface area (Å²) in [5, 5.41) is 68.3. The van der Waals surface area contributed by atoms with Gasteiger partial charge in [-0.05, 0) is 48.5 Å². The van der Waals surface area contributed by atoms with E-state index < -0.39 is 20.5 Å². The molecule has 4 aromatic heterocycles. The number of aromatic nitrogens is 4. The van der Waals surface area contributed by atoms with E-state index >= 15 is 0 Å². The summed E-state index contributed by atoms with van der Waals surface area (Å²) in [5.41, 5.74) is 4.04. The van der Waals surface area contributed by atoms with Crippen molar-refractivity contribution in [1.82, 2.24) is 19.9 Å². The number of nitriles is 8. The van der Waals surface area contributed by atoms with Gasteiger partial charge in [0, 0.05) is 125 Å². The SMILES string of the molecule is N#CCCN(CCC#N)c1ccncc1.N#CCCN(CCC#N)c1ccncc1.N#CCCN(CCC#N)c1ccncc1.N#CCCN(CCC#N)c1ccncc1.[Ag+].[Ag+].[O-][Cl+3]([O-])([O-])[O-].[O-][Cl+3]([O-])([O-])[O-]. The van der Waals surface area contributed by atoms with E-state index in [-0.39, 0.29) is 44.8 Å². The minimum atomic E-state index is -4.94. The van der Waals surface area contributed by atoms with Crippen LogP contribution in [0.4, 0.5) is 22.7 Å². The van der Waals surface area contributed by atoms with Gasteiger partial charge in [-0.25, -0.2) is 37.3 Å². The van der Waals surface area contributed by atoms with Crippen molar-refractivity contribution in [2.75, 3.05) is 72.0 Å². The van der Waals surface area contributed by atoms with Gasteiger partial charge in [-0.2, -0.15) is 42.1 Å². The Bertz CT molecular complexity index is 1900. The predicted molar refractivity (Wildman–Crippen MR) is 228 cm³/mol. The summed E-state index contributed by atoms with van der Waals surface area (Å²) < 4.78 is 67.9. The Labute approximate surface area is 454 Å². The monoisotopic (exact) mass is 1210 g/mol. The molecule has 28 heteroatoms. The van der Waals surface area contributed by atoms with Crippen LogP contribution in [0.5, 0.6) is 0 Å². The van der Waals surface area contributed by atoms with Crippen LogP contribution in [0.15, 0.2) is 98.1 Å². The van der Waals surface area contributed by atoms with Crippen LogP contribution in [-0.4, -0.2) is 72.3 Å². The van der Waals surface area contributed by atoms with E-state index in [0.29, 0.717) is 104 Å². The fourth-order valence-corrected chi connectivity index (χ4v) is 5.18. The molecule has 0 saturated carbocycles. The van der Waals surface area contributed by atoms with E-state index in [4.69, 9.17) is 79.4 Å². The molecule has 0 saturated heterocycles. The molecule has 0 aliphatic rings. The Morgan fingerprint density at radius 3 is 0.500 bits per heavy atom. The van der Waals surface area contributed by atoms with Crippen molar-refractivity contribution in [1.29, 1.82) is 42.1 Å². The van der Waals surface area contributed by atoms with Crippen molar-refractivity contribution < 1.29 is 103 Å². The molecule has 0 atom stereocenters. The summed E-state index contributed by atoms with van der Waals surface area (Å²) in [6.45, 7) is 5.24. The number of pyridine rings is 4. The van der Waals surface area contributed by atoms with Crippen LogP contribution < -0.4 is 56.9 Å². The zero-order chi connectivity index (χ0) is 52.7. The summed E-state index contributed by atoms with van der Waals surface area (Å²) in [5.74, 6) is 0. The number of halogens is 2. The topological polar surface area (TPSA) is 439 Å². The quantitative estimate of drug-likeness (QED) is 0.0815. The average molecular weight is 1220 g/mol. The van der Waals surface area contributed by atoms with Gasteiger partial charge in [0.25, 0.3) is 0 Å². The van der Waals surface area contributed by atoms with Crippen LogP contribution in [-0.2, 0) is 44.8 Å². The molecule has 0 bridgehead atoms. The molecule has 72 heavy (non-hydrogen) atoms. The van der Waals surface area contributed by atoms with Crippen LogP contribution in [0, 0.1) is 111 Å². The van der Waals surface area contributed by atoms with Gasteiger partial charge in [-0.1, -0.05) is 0 Å². The van der Waals surface area contributed by atoms with Gasteiger partial charge < -0.3 is 19.6 Å². The third-order valence-electron chi connectivity index (χ3n) is 8.06. The van der Waals surface area contributed by atoms with E-state index in [1.807, 2.05) is 68.1 Å². The van der Waals surface area contributed by atoms with Crippen molar-refractivity contribution >= 4 is 22.7 Å². The third kappa shape index (κ3) is 45.9.